The molecule has 0 aliphatic carbocycles. The number of methoxy groups -OCH3 is 1. The van der Waals surface area contributed by atoms with Gasteiger partial charge >= 0.3 is 0 Å². The summed E-state index contributed by atoms with van der Waals surface area (Å²) in [6.07, 6.45) is 2.09. The van der Waals surface area contributed by atoms with Crippen molar-refractivity contribution in [2.45, 2.75) is 6.54 Å². The van der Waals surface area contributed by atoms with Crippen LogP contribution in [0.15, 0.2) is 29.3 Å². The van der Waals surface area contributed by atoms with Gasteiger partial charge in [-0.25, -0.2) is 0 Å². The highest BCUT2D eigenvalue weighted by atomic mass is 127. The normalized spacial score (nSPS) is 10.6. The molecule has 0 amide bonds. The molecule has 0 spiro atoms. The third kappa shape index (κ3) is 6.91. The summed E-state index contributed by atoms with van der Waals surface area (Å²) < 4.78 is 5.31. The van der Waals surface area contributed by atoms with E-state index in [4.69, 9.17) is 4.74 Å². The van der Waals surface area contributed by atoms with E-state index in [1.165, 1.54) is 0 Å². The number of benzene rings is 1. The van der Waals surface area contributed by atoms with E-state index >= 15 is 0 Å². The molecule has 1 rings (SSSR count). The van der Waals surface area contributed by atoms with E-state index in [0.717, 1.165) is 29.6 Å². The summed E-state index contributed by atoms with van der Waals surface area (Å²) in [7, 11) is 3.46. The summed E-state index contributed by atoms with van der Waals surface area (Å²) in [5, 5.41) is 6.52. The average molecular weight is 395 g/mol. The molecule has 0 unspecified atom stereocenters. The summed E-state index contributed by atoms with van der Waals surface area (Å²) in [4.78, 5) is 4.17. The molecule has 2 N–H and O–H groups in total. The third-order valence-electron chi connectivity index (χ3n) is 2.46. The molecule has 0 aliphatic heterocycles. The van der Waals surface area contributed by atoms with Crippen molar-refractivity contribution in [1.82, 2.24) is 10.6 Å². The van der Waals surface area contributed by atoms with Gasteiger partial charge in [0.25, 0.3) is 0 Å². The number of para-hydroxylation sites is 1. The van der Waals surface area contributed by atoms with Gasteiger partial charge in [0.2, 0.25) is 0 Å². The minimum Gasteiger partial charge on any atom is -0.496 e. The maximum Gasteiger partial charge on any atom is 0.191 e. The van der Waals surface area contributed by atoms with Crippen molar-refractivity contribution in [1.29, 1.82) is 0 Å². The first-order valence-electron chi connectivity index (χ1n) is 5.87. The lowest BCUT2D eigenvalue weighted by atomic mass is 10.2. The second kappa shape index (κ2) is 11.2. The highest BCUT2D eigenvalue weighted by Gasteiger charge is 2.02. The van der Waals surface area contributed by atoms with Crippen LogP contribution in [0.3, 0.4) is 0 Å². The van der Waals surface area contributed by atoms with E-state index in [9.17, 15) is 0 Å². The van der Waals surface area contributed by atoms with Crippen LogP contribution in [-0.4, -0.2) is 38.7 Å². The Morgan fingerprint density at radius 2 is 2.05 bits per heavy atom. The zero-order valence-electron chi connectivity index (χ0n) is 11.6. The van der Waals surface area contributed by atoms with Gasteiger partial charge in [-0.3, -0.25) is 4.99 Å². The van der Waals surface area contributed by atoms with Crippen molar-refractivity contribution in [2.75, 3.05) is 32.7 Å². The van der Waals surface area contributed by atoms with Crippen molar-refractivity contribution in [3.05, 3.63) is 29.8 Å². The van der Waals surface area contributed by atoms with Crippen molar-refractivity contribution in [3.63, 3.8) is 0 Å². The van der Waals surface area contributed by atoms with Gasteiger partial charge in [0.15, 0.2) is 5.96 Å². The van der Waals surface area contributed by atoms with Crippen LogP contribution >= 0.6 is 35.7 Å². The second-order valence-corrected chi connectivity index (χ2v) is 4.64. The first-order chi connectivity index (χ1) is 8.81. The number of hydrogen-bond donors (Lipinski definition) is 2. The molecule has 0 saturated heterocycles. The quantitative estimate of drug-likeness (QED) is 0.336. The summed E-state index contributed by atoms with van der Waals surface area (Å²) >= 11 is 1.81. The minimum absolute atomic E-state index is 0. The zero-order valence-corrected chi connectivity index (χ0v) is 14.7. The second-order valence-electron chi connectivity index (χ2n) is 3.66. The Morgan fingerprint density at radius 3 is 2.68 bits per heavy atom. The fourth-order valence-electron chi connectivity index (χ4n) is 1.52. The topological polar surface area (TPSA) is 45.7 Å². The van der Waals surface area contributed by atoms with Crippen molar-refractivity contribution in [2.24, 2.45) is 4.99 Å². The molecule has 1 aromatic carbocycles. The van der Waals surface area contributed by atoms with Gasteiger partial charge in [-0.15, -0.1) is 24.0 Å². The molecule has 1 aromatic rings. The van der Waals surface area contributed by atoms with Gasteiger partial charge in [0.1, 0.15) is 5.75 Å². The fraction of sp³-hybridized carbons (Fsp3) is 0.462. The maximum absolute atomic E-state index is 5.31. The molecule has 0 heterocycles. The van der Waals surface area contributed by atoms with Crippen molar-refractivity contribution in [3.8, 4) is 5.75 Å². The van der Waals surface area contributed by atoms with Crippen LogP contribution in [0.1, 0.15) is 5.56 Å². The molecule has 0 aliphatic rings. The molecule has 19 heavy (non-hydrogen) atoms. The average Bonchev–Trinajstić information content (AvgIpc) is 2.43. The SMILES string of the molecule is CN=C(NCCSC)NCc1ccccc1OC.I. The minimum atomic E-state index is 0. The largest absolute Gasteiger partial charge is 0.496 e. The van der Waals surface area contributed by atoms with Gasteiger partial charge < -0.3 is 15.4 Å². The lowest BCUT2D eigenvalue weighted by Crippen LogP contribution is -2.37. The van der Waals surface area contributed by atoms with Gasteiger partial charge in [0.05, 0.1) is 7.11 Å². The van der Waals surface area contributed by atoms with E-state index in [-0.39, 0.29) is 24.0 Å². The number of nitrogens with one attached hydrogen (secondary N) is 2. The third-order valence-corrected chi connectivity index (χ3v) is 3.07. The molecule has 0 fully saturated rings. The number of nitrogens with zero attached hydrogens (tertiary/aromatic N) is 1. The van der Waals surface area contributed by atoms with E-state index in [0.29, 0.717) is 6.54 Å². The highest BCUT2D eigenvalue weighted by molar-refractivity contribution is 14.0. The number of aliphatic imine (C=N–C) groups is 1. The Bertz CT molecular complexity index is 388. The van der Waals surface area contributed by atoms with Gasteiger partial charge in [-0.2, -0.15) is 11.8 Å². The molecule has 6 heteroatoms. The lowest BCUT2D eigenvalue weighted by molar-refractivity contribution is 0.409. The Labute approximate surface area is 136 Å². The van der Waals surface area contributed by atoms with Crippen LogP contribution in [-0.2, 0) is 6.54 Å². The Balaban J connectivity index is 0.00000324. The maximum atomic E-state index is 5.31. The molecular formula is C13H22IN3OS. The molecule has 4 nitrogen and oxygen atoms in total. The van der Waals surface area contributed by atoms with Crippen LogP contribution < -0.4 is 15.4 Å². The predicted molar refractivity (Wildman–Crippen MR) is 95.0 cm³/mol. The Kier molecular flexibility index (Phi) is 10.8. The molecule has 0 atom stereocenters. The summed E-state index contributed by atoms with van der Waals surface area (Å²) in [6.45, 7) is 1.61. The van der Waals surface area contributed by atoms with Crippen LogP contribution in [0.4, 0.5) is 0 Å². The first kappa shape index (κ1) is 18.4. The van der Waals surface area contributed by atoms with Crippen molar-refractivity contribution >= 4 is 41.7 Å². The van der Waals surface area contributed by atoms with Gasteiger partial charge in [0, 0.05) is 31.5 Å². The van der Waals surface area contributed by atoms with E-state index in [2.05, 4.69) is 21.9 Å². The number of ether oxygens (including phenoxy) is 1. The zero-order chi connectivity index (χ0) is 13.2. The molecule has 0 saturated carbocycles. The summed E-state index contributed by atoms with van der Waals surface area (Å²) in [6, 6.07) is 7.97. The fourth-order valence-corrected chi connectivity index (χ4v) is 1.83. The number of halogens is 1. The number of guanidine groups is 1. The monoisotopic (exact) mass is 395 g/mol. The van der Waals surface area contributed by atoms with E-state index in [1.54, 1.807) is 14.2 Å². The van der Waals surface area contributed by atoms with Crippen LogP contribution in [0.2, 0.25) is 0 Å². The summed E-state index contributed by atoms with van der Waals surface area (Å²) in [5.74, 6) is 2.77. The Hall–Kier alpha value is -0.630. The van der Waals surface area contributed by atoms with Crippen molar-refractivity contribution < 1.29 is 4.74 Å². The van der Waals surface area contributed by atoms with Gasteiger partial charge in [-0.1, -0.05) is 18.2 Å². The van der Waals surface area contributed by atoms with Crippen LogP contribution in [0.25, 0.3) is 0 Å². The molecule has 0 bridgehead atoms. The highest BCUT2D eigenvalue weighted by Crippen LogP contribution is 2.16. The van der Waals surface area contributed by atoms with Crippen LogP contribution in [0.5, 0.6) is 5.75 Å². The number of thioether (sulfide) groups is 1. The molecule has 0 aromatic heterocycles. The number of rotatable bonds is 6. The predicted octanol–water partition coefficient (Wildman–Crippen LogP) is 2.34. The van der Waals surface area contributed by atoms with E-state index in [1.807, 2.05) is 36.0 Å². The molecule has 0 radical (unpaired) electrons. The lowest BCUT2D eigenvalue weighted by Gasteiger charge is -2.13. The molecule has 108 valence electrons. The first-order valence-corrected chi connectivity index (χ1v) is 7.26. The van der Waals surface area contributed by atoms with Crippen LogP contribution in [0, 0.1) is 0 Å². The van der Waals surface area contributed by atoms with Gasteiger partial charge in [-0.05, 0) is 12.3 Å². The standard InChI is InChI=1S/C13H21N3OS.HI/c1-14-13(15-8-9-18-3)16-10-11-6-4-5-7-12(11)17-2;/h4-7H,8-10H2,1-3H3,(H2,14,15,16);1H. The smallest absolute Gasteiger partial charge is 0.191 e. The summed E-state index contributed by atoms with van der Waals surface area (Å²) in [5.41, 5.74) is 1.12. The van der Waals surface area contributed by atoms with E-state index < -0.39 is 0 Å². The Morgan fingerprint density at radius 1 is 1.32 bits per heavy atom. The molecular weight excluding hydrogens is 373 g/mol. The number of hydrogen-bond acceptors (Lipinski definition) is 3.